The standard InChI is InChI=1S/C19H16N4S/c1-14-5-7-15(8-6-14)17-9-10-19(22-21-17)24-13-16-12-23-11-3-2-4-18(23)20-16/h2-12H,13H2,1H3. The first kappa shape index (κ1) is 14.9. The molecule has 0 fully saturated rings. The average Bonchev–Trinajstić information content (AvgIpc) is 3.04. The maximum Gasteiger partial charge on any atom is 0.137 e. The largest absolute Gasteiger partial charge is 0.307 e. The molecule has 3 aromatic heterocycles. The number of hydrogen-bond acceptors (Lipinski definition) is 4. The summed E-state index contributed by atoms with van der Waals surface area (Å²) in [6.07, 6.45) is 4.06. The Bertz CT molecular complexity index is 926. The van der Waals surface area contributed by atoms with Gasteiger partial charge in [0.25, 0.3) is 0 Å². The Kier molecular flexibility index (Phi) is 4.01. The van der Waals surface area contributed by atoms with Gasteiger partial charge in [0, 0.05) is 23.7 Å². The molecule has 0 bridgehead atoms. The van der Waals surface area contributed by atoms with E-state index in [1.165, 1.54) is 5.56 Å². The molecule has 0 N–H and O–H groups in total. The molecule has 0 aliphatic heterocycles. The molecular weight excluding hydrogens is 316 g/mol. The molecule has 1 aromatic carbocycles. The molecule has 5 heteroatoms. The van der Waals surface area contributed by atoms with Gasteiger partial charge in [-0.15, -0.1) is 10.2 Å². The fraction of sp³-hybridized carbons (Fsp3) is 0.105. The topological polar surface area (TPSA) is 43.1 Å². The molecule has 0 radical (unpaired) electrons. The number of aromatic nitrogens is 4. The summed E-state index contributed by atoms with van der Waals surface area (Å²) in [5.74, 6) is 0.778. The summed E-state index contributed by atoms with van der Waals surface area (Å²) < 4.78 is 2.03. The Hall–Kier alpha value is -2.66. The van der Waals surface area contributed by atoms with Crippen LogP contribution in [0.1, 0.15) is 11.3 Å². The Morgan fingerprint density at radius 3 is 2.58 bits per heavy atom. The van der Waals surface area contributed by atoms with Crippen molar-refractivity contribution in [3.63, 3.8) is 0 Å². The molecule has 24 heavy (non-hydrogen) atoms. The highest BCUT2D eigenvalue weighted by molar-refractivity contribution is 7.98. The minimum atomic E-state index is 0.778. The lowest BCUT2D eigenvalue weighted by Gasteiger charge is -2.02. The van der Waals surface area contributed by atoms with E-state index in [2.05, 4.69) is 52.6 Å². The minimum absolute atomic E-state index is 0.778. The molecule has 4 nitrogen and oxygen atoms in total. The Morgan fingerprint density at radius 1 is 0.958 bits per heavy atom. The average molecular weight is 332 g/mol. The summed E-state index contributed by atoms with van der Waals surface area (Å²) in [7, 11) is 0. The van der Waals surface area contributed by atoms with Gasteiger partial charge in [-0.05, 0) is 31.2 Å². The van der Waals surface area contributed by atoms with Crippen molar-refractivity contribution in [1.29, 1.82) is 0 Å². The second kappa shape index (κ2) is 6.45. The summed E-state index contributed by atoms with van der Waals surface area (Å²) in [6, 6.07) is 18.4. The second-order valence-electron chi connectivity index (χ2n) is 5.61. The number of fused-ring (bicyclic) bond motifs is 1. The van der Waals surface area contributed by atoms with E-state index in [1.807, 2.05) is 40.9 Å². The Morgan fingerprint density at radius 2 is 1.83 bits per heavy atom. The van der Waals surface area contributed by atoms with Crippen LogP contribution >= 0.6 is 11.8 Å². The summed E-state index contributed by atoms with van der Waals surface area (Å²) >= 11 is 1.65. The molecule has 0 unspecified atom stereocenters. The maximum absolute atomic E-state index is 4.60. The molecule has 3 heterocycles. The van der Waals surface area contributed by atoms with Gasteiger partial charge in [-0.3, -0.25) is 0 Å². The van der Waals surface area contributed by atoms with Crippen LogP contribution in [0.15, 0.2) is 72.0 Å². The van der Waals surface area contributed by atoms with Crippen LogP contribution < -0.4 is 0 Å². The smallest absolute Gasteiger partial charge is 0.137 e. The number of benzene rings is 1. The fourth-order valence-electron chi connectivity index (χ4n) is 2.48. The number of rotatable bonds is 4. The zero-order valence-corrected chi connectivity index (χ0v) is 14.1. The third-order valence-electron chi connectivity index (χ3n) is 3.77. The lowest BCUT2D eigenvalue weighted by molar-refractivity contribution is 0.935. The number of imidazole rings is 1. The molecule has 0 saturated heterocycles. The van der Waals surface area contributed by atoms with Crippen molar-refractivity contribution in [2.45, 2.75) is 17.7 Å². The van der Waals surface area contributed by atoms with Crippen LogP contribution in [0.4, 0.5) is 0 Å². The van der Waals surface area contributed by atoms with E-state index in [4.69, 9.17) is 0 Å². The van der Waals surface area contributed by atoms with E-state index < -0.39 is 0 Å². The highest BCUT2D eigenvalue weighted by Gasteiger charge is 2.05. The van der Waals surface area contributed by atoms with Crippen LogP contribution in [0.25, 0.3) is 16.9 Å². The van der Waals surface area contributed by atoms with Crippen LogP contribution in [0, 0.1) is 6.92 Å². The minimum Gasteiger partial charge on any atom is -0.307 e. The SMILES string of the molecule is Cc1ccc(-c2ccc(SCc3cn4ccccc4n3)nn2)cc1. The second-order valence-corrected chi connectivity index (χ2v) is 6.61. The van der Waals surface area contributed by atoms with Gasteiger partial charge in [-0.2, -0.15) is 0 Å². The first-order valence-corrected chi connectivity index (χ1v) is 8.73. The van der Waals surface area contributed by atoms with Crippen molar-refractivity contribution in [3.8, 4) is 11.3 Å². The van der Waals surface area contributed by atoms with Crippen LogP contribution in [-0.4, -0.2) is 19.6 Å². The molecule has 0 saturated carbocycles. The molecule has 0 aliphatic rings. The number of thioether (sulfide) groups is 1. The zero-order valence-electron chi connectivity index (χ0n) is 13.3. The first-order chi connectivity index (χ1) is 11.8. The summed E-state index contributed by atoms with van der Waals surface area (Å²) in [6.45, 7) is 2.08. The van der Waals surface area contributed by atoms with Gasteiger partial charge in [0.1, 0.15) is 10.7 Å². The van der Waals surface area contributed by atoms with Crippen LogP contribution in [0.5, 0.6) is 0 Å². The molecule has 0 aliphatic carbocycles. The van der Waals surface area contributed by atoms with Gasteiger partial charge in [0.15, 0.2) is 0 Å². The van der Waals surface area contributed by atoms with E-state index in [-0.39, 0.29) is 0 Å². The molecular formula is C19H16N4S. The van der Waals surface area contributed by atoms with Crippen LogP contribution in [0.2, 0.25) is 0 Å². The van der Waals surface area contributed by atoms with E-state index in [0.717, 1.165) is 33.4 Å². The van der Waals surface area contributed by atoms with Gasteiger partial charge in [-0.25, -0.2) is 4.98 Å². The first-order valence-electron chi connectivity index (χ1n) is 7.74. The van der Waals surface area contributed by atoms with E-state index in [0.29, 0.717) is 0 Å². The van der Waals surface area contributed by atoms with Gasteiger partial charge in [-0.1, -0.05) is 47.7 Å². The third-order valence-corrected chi connectivity index (χ3v) is 4.72. The van der Waals surface area contributed by atoms with Crippen LogP contribution in [-0.2, 0) is 5.75 Å². The normalized spacial score (nSPS) is 11.0. The summed E-state index contributed by atoms with van der Waals surface area (Å²) in [5.41, 5.74) is 5.23. The molecule has 4 aromatic rings. The van der Waals surface area contributed by atoms with Gasteiger partial charge >= 0.3 is 0 Å². The molecule has 0 spiro atoms. The van der Waals surface area contributed by atoms with Crippen LogP contribution in [0.3, 0.4) is 0 Å². The van der Waals surface area contributed by atoms with Crippen molar-refractivity contribution < 1.29 is 0 Å². The highest BCUT2D eigenvalue weighted by atomic mass is 32.2. The summed E-state index contributed by atoms with van der Waals surface area (Å²) in [4.78, 5) is 4.60. The fourth-order valence-corrected chi connectivity index (χ4v) is 3.18. The quantitative estimate of drug-likeness (QED) is 0.520. The van der Waals surface area contributed by atoms with E-state index in [9.17, 15) is 0 Å². The number of aryl methyl sites for hydroxylation is 1. The van der Waals surface area contributed by atoms with E-state index >= 15 is 0 Å². The monoisotopic (exact) mass is 332 g/mol. The van der Waals surface area contributed by atoms with Crippen molar-refractivity contribution in [1.82, 2.24) is 19.6 Å². The third kappa shape index (κ3) is 3.16. The van der Waals surface area contributed by atoms with Crippen molar-refractivity contribution in [3.05, 3.63) is 78.2 Å². The van der Waals surface area contributed by atoms with Crippen molar-refractivity contribution in [2.24, 2.45) is 0 Å². The molecule has 0 atom stereocenters. The molecule has 118 valence electrons. The number of nitrogens with zero attached hydrogens (tertiary/aromatic N) is 4. The van der Waals surface area contributed by atoms with Gasteiger partial charge in [0.2, 0.25) is 0 Å². The highest BCUT2D eigenvalue weighted by Crippen LogP contribution is 2.23. The number of pyridine rings is 1. The Balaban J connectivity index is 1.46. The van der Waals surface area contributed by atoms with Crippen molar-refractivity contribution in [2.75, 3.05) is 0 Å². The molecule has 4 rings (SSSR count). The predicted molar refractivity (Wildman–Crippen MR) is 97.0 cm³/mol. The molecule has 0 amide bonds. The van der Waals surface area contributed by atoms with E-state index in [1.54, 1.807) is 11.8 Å². The zero-order chi connectivity index (χ0) is 16.4. The maximum atomic E-state index is 4.60. The Labute approximate surface area is 144 Å². The predicted octanol–water partition coefficient (Wildman–Crippen LogP) is 4.39. The lowest BCUT2D eigenvalue weighted by Crippen LogP contribution is -1.90. The van der Waals surface area contributed by atoms with Gasteiger partial charge < -0.3 is 4.40 Å². The van der Waals surface area contributed by atoms with Crippen molar-refractivity contribution >= 4 is 17.4 Å². The summed E-state index contributed by atoms with van der Waals surface area (Å²) in [5, 5.41) is 9.57. The van der Waals surface area contributed by atoms with Gasteiger partial charge in [0.05, 0.1) is 11.4 Å². The number of hydrogen-bond donors (Lipinski definition) is 0. The lowest BCUT2D eigenvalue weighted by atomic mass is 10.1.